The zero-order valence-corrected chi connectivity index (χ0v) is 13.6. The van der Waals surface area contributed by atoms with E-state index in [0.29, 0.717) is 5.82 Å². The Balaban J connectivity index is 2.00. The Morgan fingerprint density at radius 3 is 2.96 bits per heavy atom. The van der Waals surface area contributed by atoms with Gasteiger partial charge < -0.3 is 10.4 Å². The Hall–Kier alpha value is -2.89. The third kappa shape index (κ3) is 2.95. The van der Waals surface area contributed by atoms with Crippen molar-refractivity contribution in [1.29, 1.82) is 0 Å². The molecular weight excluding hydrogens is 306 g/mol. The lowest BCUT2D eigenvalue weighted by molar-refractivity contribution is 0.0693. The summed E-state index contributed by atoms with van der Waals surface area (Å²) in [6.07, 6.45) is 4.53. The van der Waals surface area contributed by atoms with Crippen molar-refractivity contribution in [1.82, 2.24) is 9.55 Å². The molecule has 1 aliphatic rings. The number of benzene rings is 1. The molecule has 0 aliphatic carbocycles. The van der Waals surface area contributed by atoms with Crippen LogP contribution in [0.4, 0.5) is 5.69 Å². The summed E-state index contributed by atoms with van der Waals surface area (Å²) in [5.74, 6) is -0.715. The van der Waals surface area contributed by atoms with Gasteiger partial charge in [-0.05, 0) is 44.4 Å². The number of aromatic nitrogens is 2. The van der Waals surface area contributed by atoms with Crippen LogP contribution in [0.2, 0.25) is 0 Å². The minimum absolute atomic E-state index is 0.0737. The number of nitrogens with zero attached hydrogens (tertiary/aromatic N) is 2. The maximum absolute atomic E-state index is 12.4. The molecule has 3 rings (SSSR count). The summed E-state index contributed by atoms with van der Waals surface area (Å²) in [5.41, 5.74) is 2.21. The summed E-state index contributed by atoms with van der Waals surface area (Å²) in [6.45, 7) is 3.92. The van der Waals surface area contributed by atoms with Crippen molar-refractivity contribution in [3.63, 3.8) is 0 Å². The maximum atomic E-state index is 12.4. The second kappa shape index (κ2) is 6.31. The number of nitrogens with one attached hydrogen (secondary N) is 1. The van der Waals surface area contributed by atoms with Gasteiger partial charge in [-0.2, -0.15) is 0 Å². The van der Waals surface area contributed by atoms with Gasteiger partial charge in [-0.1, -0.05) is 12.1 Å². The van der Waals surface area contributed by atoms with Crippen LogP contribution in [0.1, 0.15) is 47.6 Å². The number of carbonyl (C=O) groups is 1. The first-order valence-corrected chi connectivity index (χ1v) is 7.85. The van der Waals surface area contributed by atoms with E-state index in [0.717, 1.165) is 35.9 Å². The third-order valence-electron chi connectivity index (χ3n) is 4.21. The highest BCUT2D eigenvalue weighted by molar-refractivity contribution is 5.87. The number of aryl methyl sites for hydroxylation is 1. The van der Waals surface area contributed by atoms with E-state index in [1.807, 2.05) is 44.3 Å². The number of hydrogen-bond donors (Lipinski definition) is 2. The number of carboxylic acid groups (broad SMARTS) is 1. The van der Waals surface area contributed by atoms with Gasteiger partial charge in [0.05, 0.1) is 0 Å². The smallest absolute Gasteiger partial charge is 0.342 e. The first-order valence-electron chi connectivity index (χ1n) is 7.85. The molecule has 2 aromatic rings. The highest BCUT2D eigenvalue weighted by atomic mass is 16.4. The lowest BCUT2D eigenvalue weighted by Crippen LogP contribution is -2.34. The van der Waals surface area contributed by atoms with Crippen LogP contribution in [0.3, 0.4) is 0 Å². The largest absolute Gasteiger partial charge is 0.477 e. The number of rotatable bonds is 3. The van der Waals surface area contributed by atoms with Gasteiger partial charge in [-0.3, -0.25) is 9.36 Å². The Kier molecular flexibility index (Phi) is 4.20. The van der Waals surface area contributed by atoms with Crippen LogP contribution in [-0.4, -0.2) is 20.6 Å². The van der Waals surface area contributed by atoms with Crippen molar-refractivity contribution in [2.24, 2.45) is 0 Å². The summed E-state index contributed by atoms with van der Waals surface area (Å²) in [7, 11) is 0. The lowest BCUT2D eigenvalue weighted by Gasteiger charge is -2.26. The van der Waals surface area contributed by atoms with Crippen LogP contribution in [0.5, 0.6) is 0 Å². The van der Waals surface area contributed by atoms with Gasteiger partial charge in [-0.25, -0.2) is 9.78 Å². The summed E-state index contributed by atoms with van der Waals surface area (Å²) in [4.78, 5) is 27.8. The molecule has 1 aliphatic heterocycles. The standard InChI is InChI=1S/C18H19N3O3/c1-11-4-3-5-14(8-11)19-9-13-7-6-12(2)21-16(13)20-10-15(17(21)22)18(23)24/h3-5,8-10,12,19H,6-7H2,1-2H3,(H,23,24)/b13-9+/t12-/m0/s1. The molecule has 0 bridgehead atoms. The van der Waals surface area contributed by atoms with Gasteiger partial charge in [0.1, 0.15) is 11.4 Å². The molecule has 0 spiro atoms. The van der Waals surface area contributed by atoms with E-state index in [1.165, 1.54) is 4.57 Å². The molecule has 24 heavy (non-hydrogen) atoms. The summed E-state index contributed by atoms with van der Waals surface area (Å²) < 4.78 is 1.48. The Labute approximate surface area is 139 Å². The Morgan fingerprint density at radius 1 is 1.46 bits per heavy atom. The van der Waals surface area contributed by atoms with Gasteiger partial charge >= 0.3 is 5.97 Å². The number of aromatic carboxylic acids is 1. The van der Waals surface area contributed by atoms with Crippen molar-refractivity contribution in [2.45, 2.75) is 32.7 Å². The SMILES string of the molecule is Cc1cccc(N/C=C2\CC[C@H](C)n3c2ncc(C(=O)O)c3=O)c1. The molecule has 6 nitrogen and oxygen atoms in total. The first kappa shape index (κ1) is 16.0. The fourth-order valence-electron chi connectivity index (χ4n) is 2.91. The molecule has 0 amide bonds. The number of carboxylic acids is 1. The lowest BCUT2D eigenvalue weighted by atomic mass is 10.0. The molecule has 0 radical (unpaired) electrons. The molecule has 0 unspecified atom stereocenters. The number of hydrogen-bond acceptors (Lipinski definition) is 4. The van der Waals surface area contributed by atoms with E-state index in [-0.39, 0.29) is 11.6 Å². The quantitative estimate of drug-likeness (QED) is 0.906. The van der Waals surface area contributed by atoms with Gasteiger partial charge in [-0.15, -0.1) is 0 Å². The molecule has 1 aromatic carbocycles. The van der Waals surface area contributed by atoms with Gasteiger partial charge in [0, 0.05) is 29.7 Å². The van der Waals surface area contributed by atoms with Gasteiger partial charge in [0.25, 0.3) is 5.56 Å². The van der Waals surface area contributed by atoms with Crippen molar-refractivity contribution >= 4 is 17.2 Å². The normalized spacial score (nSPS) is 18.2. The number of allylic oxidation sites excluding steroid dienone is 1. The fraction of sp³-hybridized carbons (Fsp3) is 0.278. The van der Waals surface area contributed by atoms with Crippen LogP contribution in [0.25, 0.3) is 5.57 Å². The predicted octanol–water partition coefficient (Wildman–Crippen LogP) is 3.06. The second-order valence-electron chi connectivity index (χ2n) is 6.05. The van der Waals surface area contributed by atoms with E-state index in [2.05, 4.69) is 10.3 Å². The van der Waals surface area contributed by atoms with Crippen LogP contribution >= 0.6 is 0 Å². The monoisotopic (exact) mass is 325 g/mol. The minimum atomic E-state index is -1.25. The molecular formula is C18H19N3O3. The van der Waals surface area contributed by atoms with E-state index in [9.17, 15) is 9.59 Å². The third-order valence-corrected chi connectivity index (χ3v) is 4.21. The zero-order chi connectivity index (χ0) is 17.3. The molecule has 0 fully saturated rings. The highest BCUT2D eigenvalue weighted by Gasteiger charge is 2.25. The van der Waals surface area contributed by atoms with Crippen LogP contribution in [0.15, 0.2) is 41.5 Å². The second-order valence-corrected chi connectivity index (χ2v) is 6.05. The topological polar surface area (TPSA) is 84.2 Å². The van der Waals surface area contributed by atoms with Crippen molar-refractivity contribution in [2.75, 3.05) is 5.32 Å². The van der Waals surface area contributed by atoms with Gasteiger partial charge in [0.2, 0.25) is 0 Å². The number of fused-ring (bicyclic) bond motifs is 1. The fourth-order valence-corrected chi connectivity index (χ4v) is 2.91. The predicted molar refractivity (Wildman–Crippen MR) is 92.2 cm³/mol. The highest BCUT2D eigenvalue weighted by Crippen LogP contribution is 2.29. The van der Waals surface area contributed by atoms with Crippen LogP contribution in [0, 0.1) is 6.92 Å². The van der Waals surface area contributed by atoms with Crippen molar-refractivity contribution in [3.8, 4) is 0 Å². The van der Waals surface area contributed by atoms with Crippen LogP contribution < -0.4 is 10.9 Å². The van der Waals surface area contributed by atoms with E-state index in [4.69, 9.17) is 5.11 Å². The minimum Gasteiger partial charge on any atom is -0.477 e. The Morgan fingerprint density at radius 2 is 2.25 bits per heavy atom. The summed E-state index contributed by atoms with van der Waals surface area (Å²) >= 11 is 0. The molecule has 1 atom stereocenters. The Bertz CT molecular complexity index is 883. The molecule has 6 heteroatoms. The summed E-state index contributed by atoms with van der Waals surface area (Å²) in [5, 5.41) is 12.4. The van der Waals surface area contributed by atoms with Crippen molar-refractivity contribution < 1.29 is 9.90 Å². The van der Waals surface area contributed by atoms with Crippen LogP contribution in [-0.2, 0) is 0 Å². The molecule has 1 aromatic heterocycles. The molecule has 2 heterocycles. The van der Waals surface area contributed by atoms with Crippen molar-refractivity contribution in [3.05, 3.63) is 64.0 Å². The average Bonchev–Trinajstić information content (AvgIpc) is 2.54. The molecule has 0 saturated heterocycles. The van der Waals surface area contributed by atoms with E-state index >= 15 is 0 Å². The molecule has 124 valence electrons. The molecule has 2 N–H and O–H groups in total. The van der Waals surface area contributed by atoms with Gasteiger partial charge in [0.15, 0.2) is 0 Å². The summed E-state index contributed by atoms with van der Waals surface area (Å²) in [6, 6.07) is 7.90. The average molecular weight is 325 g/mol. The van der Waals surface area contributed by atoms with E-state index < -0.39 is 11.5 Å². The number of anilines is 1. The zero-order valence-electron chi connectivity index (χ0n) is 13.6. The maximum Gasteiger partial charge on any atom is 0.342 e. The first-order chi connectivity index (χ1) is 11.5. The molecule has 0 saturated carbocycles. The van der Waals surface area contributed by atoms with E-state index in [1.54, 1.807) is 0 Å².